The van der Waals surface area contributed by atoms with Crippen LogP contribution in [-0.4, -0.2) is 50.9 Å². The molecule has 2 heterocycles. The molecule has 0 radical (unpaired) electrons. The van der Waals surface area contributed by atoms with Crippen LogP contribution in [0.5, 0.6) is 0 Å². The van der Waals surface area contributed by atoms with Crippen LogP contribution < -0.4 is 10.6 Å². The van der Waals surface area contributed by atoms with Gasteiger partial charge in [0.25, 0.3) is 0 Å². The molecule has 1 unspecified atom stereocenters. The minimum absolute atomic E-state index is 0.0615. The van der Waals surface area contributed by atoms with Crippen molar-refractivity contribution in [3.63, 3.8) is 0 Å². The molecular formula is C17H24FN3O3S. The molecule has 0 bridgehead atoms. The molecule has 3 rings (SSSR count). The zero-order chi connectivity index (χ0) is 17.9. The summed E-state index contributed by atoms with van der Waals surface area (Å²) >= 11 is 0. The summed E-state index contributed by atoms with van der Waals surface area (Å²) in [7, 11) is -3.70. The summed E-state index contributed by atoms with van der Waals surface area (Å²) in [6, 6.07) is 4.92. The number of hydrogen-bond donors (Lipinski definition) is 2. The average molecular weight is 369 g/mol. The van der Waals surface area contributed by atoms with Crippen molar-refractivity contribution in [2.24, 2.45) is 5.92 Å². The number of sulfonamides is 1. The second-order valence-corrected chi connectivity index (χ2v) is 8.65. The number of carbonyl (C=O) groups is 1. The van der Waals surface area contributed by atoms with E-state index >= 15 is 0 Å². The molecule has 2 atom stereocenters. The van der Waals surface area contributed by atoms with Crippen molar-refractivity contribution < 1.29 is 17.6 Å². The number of benzene rings is 1. The predicted octanol–water partition coefficient (Wildman–Crippen LogP) is 1.09. The van der Waals surface area contributed by atoms with E-state index in [1.807, 2.05) is 0 Å². The second kappa shape index (κ2) is 7.80. The Morgan fingerprint density at radius 2 is 1.96 bits per heavy atom. The van der Waals surface area contributed by atoms with E-state index in [0.29, 0.717) is 19.4 Å². The van der Waals surface area contributed by atoms with E-state index in [0.717, 1.165) is 38.1 Å². The minimum atomic E-state index is -3.70. The van der Waals surface area contributed by atoms with Crippen LogP contribution in [0.3, 0.4) is 0 Å². The average Bonchev–Trinajstić information content (AvgIpc) is 2.63. The molecule has 25 heavy (non-hydrogen) atoms. The zero-order valence-corrected chi connectivity index (χ0v) is 14.9. The molecule has 2 aliphatic rings. The summed E-state index contributed by atoms with van der Waals surface area (Å²) in [5.41, 5.74) is 0. The maximum absolute atomic E-state index is 13.0. The van der Waals surface area contributed by atoms with Crippen LogP contribution in [-0.2, 0) is 14.8 Å². The molecule has 2 N–H and O–H groups in total. The molecule has 0 aliphatic carbocycles. The molecule has 0 saturated carbocycles. The van der Waals surface area contributed by atoms with Gasteiger partial charge in [0.05, 0.1) is 10.8 Å². The van der Waals surface area contributed by atoms with E-state index in [-0.39, 0.29) is 29.3 Å². The fourth-order valence-corrected chi connectivity index (χ4v) is 4.95. The van der Waals surface area contributed by atoms with Crippen LogP contribution in [0.1, 0.15) is 25.7 Å². The zero-order valence-electron chi connectivity index (χ0n) is 14.1. The van der Waals surface area contributed by atoms with Gasteiger partial charge in [-0.2, -0.15) is 4.31 Å². The van der Waals surface area contributed by atoms with Gasteiger partial charge in [-0.25, -0.2) is 12.8 Å². The molecule has 2 fully saturated rings. The maximum Gasteiger partial charge on any atom is 0.243 e. The van der Waals surface area contributed by atoms with Crippen molar-refractivity contribution in [3.8, 4) is 0 Å². The Morgan fingerprint density at radius 3 is 2.64 bits per heavy atom. The lowest BCUT2D eigenvalue weighted by molar-refractivity contribution is -0.126. The summed E-state index contributed by atoms with van der Waals surface area (Å²) in [5.74, 6) is -0.894. The lowest BCUT2D eigenvalue weighted by atomic mass is 9.97. The highest BCUT2D eigenvalue weighted by atomic mass is 32.2. The van der Waals surface area contributed by atoms with Crippen LogP contribution in [0.15, 0.2) is 29.2 Å². The highest BCUT2D eigenvalue weighted by Crippen LogP contribution is 2.24. The highest BCUT2D eigenvalue weighted by Gasteiger charge is 2.34. The Balaban J connectivity index is 1.65. The van der Waals surface area contributed by atoms with Crippen molar-refractivity contribution in [1.82, 2.24) is 14.9 Å². The molecule has 138 valence electrons. The van der Waals surface area contributed by atoms with Gasteiger partial charge in [0.2, 0.25) is 15.9 Å². The van der Waals surface area contributed by atoms with E-state index < -0.39 is 15.8 Å². The summed E-state index contributed by atoms with van der Waals surface area (Å²) in [4.78, 5) is 12.6. The van der Waals surface area contributed by atoms with Crippen LogP contribution in [0.2, 0.25) is 0 Å². The van der Waals surface area contributed by atoms with Gasteiger partial charge in [0.15, 0.2) is 0 Å². The third-order valence-electron chi connectivity index (χ3n) is 4.85. The second-order valence-electron chi connectivity index (χ2n) is 6.71. The van der Waals surface area contributed by atoms with Crippen molar-refractivity contribution in [2.45, 2.75) is 36.6 Å². The maximum atomic E-state index is 13.0. The Morgan fingerprint density at radius 1 is 1.20 bits per heavy atom. The largest absolute Gasteiger partial charge is 0.352 e. The van der Waals surface area contributed by atoms with Crippen LogP contribution in [0.25, 0.3) is 0 Å². The highest BCUT2D eigenvalue weighted by molar-refractivity contribution is 7.89. The van der Waals surface area contributed by atoms with Gasteiger partial charge in [0, 0.05) is 25.7 Å². The molecule has 6 nitrogen and oxygen atoms in total. The summed E-state index contributed by atoms with van der Waals surface area (Å²) in [6.07, 6.45) is 3.30. The van der Waals surface area contributed by atoms with E-state index in [9.17, 15) is 17.6 Å². The van der Waals surface area contributed by atoms with Crippen LogP contribution in [0, 0.1) is 11.7 Å². The number of halogens is 1. The smallest absolute Gasteiger partial charge is 0.243 e. The topological polar surface area (TPSA) is 78.5 Å². The first-order valence-corrected chi connectivity index (χ1v) is 10.2. The Bertz CT molecular complexity index is 702. The molecule has 1 amide bonds. The monoisotopic (exact) mass is 369 g/mol. The third-order valence-corrected chi connectivity index (χ3v) is 6.73. The summed E-state index contributed by atoms with van der Waals surface area (Å²) in [5, 5.41) is 6.29. The number of hydrogen-bond acceptors (Lipinski definition) is 4. The van der Waals surface area contributed by atoms with Gasteiger partial charge in [-0.3, -0.25) is 4.79 Å². The molecule has 1 aromatic carbocycles. The fourth-order valence-electron chi connectivity index (χ4n) is 3.42. The minimum Gasteiger partial charge on any atom is -0.352 e. The van der Waals surface area contributed by atoms with Gasteiger partial charge in [-0.05, 0) is 56.5 Å². The number of piperidine rings is 2. The van der Waals surface area contributed by atoms with Gasteiger partial charge >= 0.3 is 0 Å². The summed E-state index contributed by atoms with van der Waals surface area (Å²) in [6.45, 7) is 2.29. The molecule has 0 spiro atoms. The Hall–Kier alpha value is -1.51. The first-order chi connectivity index (χ1) is 12.0. The molecule has 0 aromatic heterocycles. The number of amides is 1. The van der Waals surface area contributed by atoms with Gasteiger partial charge in [-0.15, -0.1) is 0 Å². The Kier molecular flexibility index (Phi) is 5.71. The van der Waals surface area contributed by atoms with Crippen molar-refractivity contribution in [3.05, 3.63) is 30.1 Å². The van der Waals surface area contributed by atoms with Crippen molar-refractivity contribution in [2.75, 3.05) is 26.2 Å². The molecule has 2 aliphatic heterocycles. The van der Waals surface area contributed by atoms with E-state index in [1.165, 1.54) is 16.4 Å². The van der Waals surface area contributed by atoms with Crippen LogP contribution in [0.4, 0.5) is 4.39 Å². The van der Waals surface area contributed by atoms with Crippen molar-refractivity contribution in [1.29, 1.82) is 0 Å². The number of nitrogens with one attached hydrogen (secondary N) is 2. The quantitative estimate of drug-likeness (QED) is 0.833. The molecular weight excluding hydrogens is 345 g/mol. The van der Waals surface area contributed by atoms with Gasteiger partial charge < -0.3 is 10.6 Å². The van der Waals surface area contributed by atoms with Gasteiger partial charge in [-0.1, -0.05) is 0 Å². The number of nitrogens with zero attached hydrogens (tertiary/aromatic N) is 1. The molecule has 8 heteroatoms. The third kappa shape index (κ3) is 4.37. The summed E-state index contributed by atoms with van der Waals surface area (Å²) < 4.78 is 39.8. The fraction of sp³-hybridized carbons (Fsp3) is 0.588. The lowest BCUT2D eigenvalue weighted by Crippen LogP contribution is -2.51. The first kappa shape index (κ1) is 18.3. The SMILES string of the molecule is O=C(N[C@H]1CCCNC1)C1CCCN(S(=O)(=O)c2ccc(F)cc2)C1. The van der Waals surface area contributed by atoms with E-state index in [2.05, 4.69) is 10.6 Å². The number of rotatable bonds is 4. The predicted molar refractivity (Wildman–Crippen MR) is 91.9 cm³/mol. The normalized spacial score (nSPS) is 25.5. The first-order valence-electron chi connectivity index (χ1n) is 8.73. The number of carbonyl (C=O) groups excluding carboxylic acids is 1. The molecule has 1 aromatic rings. The molecule has 2 saturated heterocycles. The Labute approximate surface area is 147 Å². The standard InChI is InChI=1S/C17H24FN3O3S/c18-14-5-7-16(8-6-14)25(23,24)21-10-2-3-13(12-21)17(22)20-15-4-1-9-19-11-15/h5-8,13,15,19H,1-4,9-12H2,(H,20,22)/t13?,15-/m0/s1. The lowest BCUT2D eigenvalue weighted by Gasteiger charge is -2.33. The van der Waals surface area contributed by atoms with Gasteiger partial charge in [0.1, 0.15) is 5.82 Å². The van der Waals surface area contributed by atoms with E-state index in [1.54, 1.807) is 0 Å². The van der Waals surface area contributed by atoms with Crippen molar-refractivity contribution >= 4 is 15.9 Å². The van der Waals surface area contributed by atoms with Crippen LogP contribution >= 0.6 is 0 Å². The van der Waals surface area contributed by atoms with E-state index in [4.69, 9.17) is 0 Å².